The summed E-state index contributed by atoms with van der Waals surface area (Å²) in [4.78, 5) is 21.4. The highest BCUT2D eigenvalue weighted by molar-refractivity contribution is 5.73. The lowest BCUT2D eigenvalue weighted by molar-refractivity contribution is -0.192. The molecule has 13 heteroatoms. The lowest BCUT2D eigenvalue weighted by Gasteiger charge is -2.28. The Bertz CT molecular complexity index is 835. The number of hydrogen-bond acceptors (Lipinski definition) is 7. The van der Waals surface area contributed by atoms with Crippen LogP contribution in [0.3, 0.4) is 0 Å². The van der Waals surface area contributed by atoms with Crippen molar-refractivity contribution in [1.29, 1.82) is 0 Å². The molecule has 2 aromatic rings. The summed E-state index contributed by atoms with van der Waals surface area (Å²) in [5.74, 6) is -0.675. The summed E-state index contributed by atoms with van der Waals surface area (Å²) >= 11 is 0. The van der Waals surface area contributed by atoms with E-state index in [4.69, 9.17) is 9.90 Å². The normalized spacial score (nSPS) is 16.9. The highest BCUT2D eigenvalue weighted by Crippen LogP contribution is 2.19. The molecule has 0 aliphatic carbocycles. The number of aromatic nitrogens is 5. The highest BCUT2D eigenvalue weighted by atomic mass is 19.4. The number of alkyl halides is 3. The summed E-state index contributed by atoms with van der Waals surface area (Å²) in [6.07, 6.45) is -0.145. The number of nitrogens with zero attached hydrogens (tertiary/aromatic N) is 7. The summed E-state index contributed by atoms with van der Waals surface area (Å²) in [5.41, 5.74) is 0. The Morgan fingerprint density at radius 3 is 2.28 bits per heavy atom. The number of hydrogen-bond donors (Lipinski definition) is 1. The van der Waals surface area contributed by atoms with E-state index < -0.39 is 18.0 Å². The van der Waals surface area contributed by atoms with E-state index in [1.54, 1.807) is 0 Å². The largest absolute Gasteiger partial charge is 0.490 e. The summed E-state index contributed by atoms with van der Waals surface area (Å²) in [6, 6.07) is 0. The molecule has 0 atom stereocenters. The molecule has 2 aliphatic heterocycles. The molecule has 0 bridgehead atoms. The first-order valence-electron chi connectivity index (χ1n) is 8.90. The monoisotopic (exact) mass is 417 g/mol. The average molecular weight is 417 g/mol. The van der Waals surface area contributed by atoms with E-state index in [2.05, 4.69) is 29.6 Å². The van der Waals surface area contributed by atoms with Crippen molar-refractivity contribution in [2.75, 3.05) is 24.5 Å². The molecule has 4 heterocycles. The maximum atomic E-state index is 12.9. The van der Waals surface area contributed by atoms with Crippen LogP contribution in [0.25, 0.3) is 0 Å². The van der Waals surface area contributed by atoms with Crippen LogP contribution in [0.2, 0.25) is 0 Å². The van der Waals surface area contributed by atoms with E-state index in [0.29, 0.717) is 12.5 Å². The first kappa shape index (κ1) is 20.9. The fourth-order valence-electron chi connectivity index (χ4n) is 3.12. The smallest absolute Gasteiger partial charge is 0.475 e. The predicted molar refractivity (Wildman–Crippen MR) is 91.3 cm³/mol. The third kappa shape index (κ3) is 5.37. The van der Waals surface area contributed by atoms with Crippen LogP contribution < -0.4 is 4.90 Å². The van der Waals surface area contributed by atoms with Gasteiger partial charge < -0.3 is 14.6 Å². The molecule has 0 amide bonds. The van der Waals surface area contributed by atoms with E-state index >= 15 is 0 Å². The minimum absolute atomic E-state index is 0.420. The third-order valence-corrected chi connectivity index (χ3v) is 4.53. The van der Waals surface area contributed by atoms with E-state index in [-0.39, 0.29) is 0 Å². The minimum Gasteiger partial charge on any atom is -0.475 e. The molecule has 9 nitrogen and oxygen atoms in total. The first-order chi connectivity index (χ1) is 13.7. The molecule has 2 aromatic heterocycles. The van der Waals surface area contributed by atoms with Crippen LogP contribution in [0.4, 0.5) is 23.5 Å². The summed E-state index contributed by atoms with van der Waals surface area (Å²) in [5, 5.41) is 15.8. The van der Waals surface area contributed by atoms with Gasteiger partial charge in [0.15, 0.2) is 11.6 Å². The van der Waals surface area contributed by atoms with Gasteiger partial charge in [-0.25, -0.2) is 19.2 Å². The van der Waals surface area contributed by atoms with Gasteiger partial charge in [0.2, 0.25) is 5.95 Å². The van der Waals surface area contributed by atoms with Gasteiger partial charge in [0, 0.05) is 13.1 Å². The fraction of sp³-hybridized carbons (Fsp3) is 0.562. The number of anilines is 1. The zero-order valence-corrected chi connectivity index (χ0v) is 15.3. The number of likely N-dealkylation sites (tertiary alicyclic amines) is 1. The summed E-state index contributed by atoms with van der Waals surface area (Å²) in [6.45, 7) is 5.38. The minimum atomic E-state index is -5.08. The summed E-state index contributed by atoms with van der Waals surface area (Å²) in [7, 11) is 0. The number of carbonyl (C=O) groups is 1. The Balaban J connectivity index is 0.000000298. The van der Waals surface area contributed by atoms with Gasteiger partial charge in [0.25, 0.3) is 0 Å². The number of aliphatic carboxylic acids is 1. The Morgan fingerprint density at radius 2 is 1.69 bits per heavy atom. The third-order valence-electron chi connectivity index (χ3n) is 4.53. The molecular formula is C16H19F4N7O2. The number of halogens is 4. The molecule has 0 saturated carbocycles. The van der Waals surface area contributed by atoms with Crippen molar-refractivity contribution < 1.29 is 27.5 Å². The van der Waals surface area contributed by atoms with Gasteiger partial charge in [-0.2, -0.15) is 13.2 Å². The van der Waals surface area contributed by atoms with Crippen LogP contribution in [-0.2, 0) is 24.4 Å². The molecule has 0 unspecified atom stereocenters. The van der Waals surface area contributed by atoms with Crippen LogP contribution in [0, 0.1) is 5.82 Å². The van der Waals surface area contributed by atoms with Crippen molar-refractivity contribution in [3.05, 3.63) is 29.9 Å². The lowest BCUT2D eigenvalue weighted by Crippen LogP contribution is -2.36. The Morgan fingerprint density at radius 1 is 1.07 bits per heavy atom. The van der Waals surface area contributed by atoms with Gasteiger partial charge in [-0.15, -0.1) is 10.2 Å². The standard InChI is InChI=1S/C14H18FN7.C2HF3O2/c15-11-7-16-14(17-8-11)21-5-6-22-12(18-19-13(22)10-21)9-20-3-1-2-4-20;3-2(4,5)1(6)7/h7-8H,1-6,9-10H2;(H,6,7). The van der Waals surface area contributed by atoms with E-state index in [1.807, 2.05) is 4.90 Å². The van der Waals surface area contributed by atoms with Crippen molar-refractivity contribution in [2.24, 2.45) is 0 Å². The predicted octanol–water partition coefficient (Wildman–Crippen LogP) is 1.46. The quantitative estimate of drug-likeness (QED) is 0.750. The number of carboxylic acid groups (broad SMARTS) is 1. The van der Waals surface area contributed by atoms with E-state index in [9.17, 15) is 17.6 Å². The van der Waals surface area contributed by atoms with Crippen molar-refractivity contribution >= 4 is 11.9 Å². The average Bonchev–Trinajstić information content (AvgIpc) is 3.32. The number of carboxylic acids is 1. The molecule has 1 fully saturated rings. The topological polar surface area (TPSA) is 100 Å². The molecule has 158 valence electrons. The Kier molecular flexibility index (Phi) is 6.25. The van der Waals surface area contributed by atoms with Crippen molar-refractivity contribution in [3.63, 3.8) is 0 Å². The molecule has 0 radical (unpaired) electrons. The van der Waals surface area contributed by atoms with Gasteiger partial charge >= 0.3 is 12.1 Å². The molecule has 0 aromatic carbocycles. The lowest BCUT2D eigenvalue weighted by atomic mass is 10.3. The molecule has 4 rings (SSSR count). The van der Waals surface area contributed by atoms with Crippen molar-refractivity contribution in [3.8, 4) is 0 Å². The Hall–Kier alpha value is -2.83. The van der Waals surface area contributed by atoms with Crippen molar-refractivity contribution in [2.45, 2.75) is 38.7 Å². The Labute approximate surface area is 163 Å². The van der Waals surface area contributed by atoms with E-state index in [1.165, 1.54) is 25.2 Å². The second-order valence-electron chi connectivity index (χ2n) is 6.59. The number of rotatable bonds is 3. The first-order valence-corrected chi connectivity index (χ1v) is 8.90. The molecule has 1 saturated heterocycles. The maximum absolute atomic E-state index is 12.9. The van der Waals surface area contributed by atoms with Crippen LogP contribution in [0.1, 0.15) is 24.5 Å². The van der Waals surface area contributed by atoms with Crippen LogP contribution >= 0.6 is 0 Å². The molecule has 2 aliphatic rings. The van der Waals surface area contributed by atoms with Crippen molar-refractivity contribution in [1.82, 2.24) is 29.6 Å². The molecule has 0 spiro atoms. The SMILES string of the molecule is Fc1cnc(N2CCn3c(CN4CCCC4)nnc3C2)nc1.O=C(O)C(F)(F)F. The fourth-order valence-corrected chi connectivity index (χ4v) is 3.12. The molecular weight excluding hydrogens is 398 g/mol. The van der Waals surface area contributed by atoms with Gasteiger partial charge in [0.05, 0.1) is 25.5 Å². The number of fused-ring (bicyclic) bond motifs is 1. The highest BCUT2D eigenvalue weighted by Gasteiger charge is 2.38. The van der Waals surface area contributed by atoms with Gasteiger partial charge in [0.1, 0.15) is 5.82 Å². The van der Waals surface area contributed by atoms with Crippen LogP contribution in [-0.4, -0.2) is 66.5 Å². The zero-order chi connectivity index (χ0) is 21.0. The van der Waals surface area contributed by atoms with Gasteiger partial charge in [-0.05, 0) is 25.9 Å². The molecule has 29 heavy (non-hydrogen) atoms. The van der Waals surface area contributed by atoms with E-state index in [0.717, 1.165) is 44.4 Å². The summed E-state index contributed by atoms with van der Waals surface area (Å²) < 4.78 is 46.8. The van der Waals surface area contributed by atoms with Gasteiger partial charge in [-0.1, -0.05) is 0 Å². The second kappa shape index (κ2) is 8.68. The van der Waals surface area contributed by atoms with Crippen LogP contribution in [0.15, 0.2) is 12.4 Å². The van der Waals surface area contributed by atoms with Gasteiger partial charge in [-0.3, -0.25) is 4.90 Å². The molecule has 1 N–H and O–H groups in total. The van der Waals surface area contributed by atoms with Crippen LogP contribution in [0.5, 0.6) is 0 Å². The zero-order valence-electron chi connectivity index (χ0n) is 15.3. The second-order valence-corrected chi connectivity index (χ2v) is 6.59. The maximum Gasteiger partial charge on any atom is 0.490 e.